The van der Waals surface area contributed by atoms with Gasteiger partial charge in [0.15, 0.2) is 11.0 Å². The predicted octanol–water partition coefficient (Wildman–Crippen LogP) is 4.81. The van der Waals surface area contributed by atoms with Gasteiger partial charge in [0.2, 0.25) is 5.91 Å². The van der Waals surface area contributed by atoms with Crippen molar-refractivity contribution >= 4 is 23.4 Å². The molecule has 0 unspecified atom stereocenters. The third-order valence-corrected chi connectivity index (χ3v) is 5.39. The number of aromatic nitrogens is 3. The van der Waals surface area contributed by atoms with E-state index in [1.165, 1.54) is 23.9 Å². The molecule has 0 spiro atoms. The Bertz CT molecular complexity index is 1180. The number of benzene rings is 3. The fourth-order valence-electron chi connectivity index (χ4n) is 3.02. The number of rotatable bonds is 7. The summed E-state index contributed by atoms with van der Waals surface area (Å²) in [6.45, 7) is 0. The summed E-state index contributed by atoms with van der Waals surface area (Å²) in [5.74, 6) is 0.779. The monoisotopic (exact) mass is 434 g/mol. The van der Waals surface area contributed by atoms with Gasteiger partial charge in [0.05, 0.1) is 18.6 Å². The van der Waals surface area contributed by atoms with Crippen LogP contribution < -0.4 is 10.1 Å². The van der Waals surface area contributed by atoms with Crippen LogP contribution in [0.2, 0.25) is 0 Å². The van der Waals surface area contributed by atoms with Gasteiger partial charge in [-0.05, 0) is 36.4 Å². The van der Waals surface area contributed by atoms with Crippen LogP contribution in [0.3, 0.4) is 0 Å². The quantitative estimate of drug-likeness (QED) is 0.423. The molecule has 0 fully saturated rings. The Kier molecular flexibility index (Phi) is 6.28. The molecule has 8 heteroatoms. The second kappa shape index (κ2) is 9.44. The highest BCUT2D eigenvalue weighted by molar-refractivity contribution is 7.99. The standard InChI is InChI=1S/C23H19FN4O2S/c1-30-20-10-6-5-9-19(20)25-21(29)15-31-23-27-26-22(16-7-3-2-4-8-16)28(23)18-13-11-17(24)12-14-18/h2-14H,15H2,1H3,(H,25,29). The van der Waals surface area contributed by atoms with Gasteiger partial charge in [-0.2, -0.15) is 0 Å². The molecule has 1 N–H and O–H groups in total. The number of carbonyl (C=O) groups excluding carboxylic acids is 1. The number of anilines is 1. The maximum absolute atomic E-state index is 13.5. The Labute approximate surface area is 183 Å². The summed E-state index contributed by atoms with van der Waals surface area (Å²) in [6, 6.07) is 22.9. The number of hydrogen-bond acceptors (Lipinski definition) is 5. The Hall–Kier alpha value is -3.65. The highest BCUT2D eigenvalue weighted by Gasteiger charge is 2.17. The molecule has 3 aromatic carbocycles. The SMILES string of the molecule is COc1ccccc1NC(=O)CSc1nnc(-c2ccccc2)n1-c1ccc(F)cc1. The van der Waals surface area contributed by atoms with Gasteiger partial charge in [0.25, 0.3) is 0 Å². The van der Waals surface area contributed by atoms with Gasteiger partial charge < -0.3 is 10.1 Å². The van der Waals surface area contributed by atoms with Crippen LogP contribution in [0.15, 0.2) is 84.0 Å². The van der Waals surface area contributed by atoms with Gasteiger partial charge in [-0.1, -0.05) is 54.2 Å². The first kappa shape index (κ1) is 20.6. The first-order valence-electron chi connectivity index (χ1n) is 9.48. The van der Waals surface area contributed by atoms with Crippen molar-refractivity contribution in [3.63, 3.8) is 0 Å². The van der Waals surface area contributed by atoms with Crippen molar-refractivity contribution in [2.45, 2.75) is 5.16 Å². The summed E-state index contributed by atoms with van der Waals surface area (Å²) in [5, 5.41) is 12.0. The van der Waals surface area contributed by atoms with Crippen LogP contribution in [-0.4, -0.2) is 33.5 Å². The van der Waals surface area contributed by atoms with Crippen molar-refractivity contribution in [1.29, 1.82) is 0 Å². The van der Waals surface area contributed by atoms with Crippen LogP contribution in [0, 0.1) is 5.82 Å². The number of amides is 1. The minimum atomic E-state index is -0.330. The van der Waals surface area contributed by atoms with E-state index in [9.17, 15) is 9.18 Å². The fraction of sp³-hybridized carbons (Fsp3) is 0.0870. The summed E-state index contributed by atoms with van der Waals surface area (Å²) < 4.78 is 20.6. The average molecular weight is 434 g/mol. The average Bonchev–Trinajstić information content (AvgIpc) is 3.23. The third-order valence-electron chi connectivity index (χ3n) is 4.46. The number of thioether (sulfide) groups is 1. The topological polar surface area (TPSA) is 69.0 Å². The molecule has 6 nitrogen and oxygen atoms in total. The predicted molar refractivity (Wildman–Crippen MR) is 119 cm³/mol. The van der Waals surface area contributed by atoms with Gasteiger partial charge in [-0.15, -0.1) is 10.2 Å². The lowest BCUT2D eigenvalue weighted by molar-refractivity contribution is -0.113. The number of carbonyl (C=O) groups is 1. The van der Waals surface area contributed by atoms with Crippen molar-refractivity contribution in [3.05, 3.63) is 84.7 Å². The van der Waals surface area contributed by atoms with Crippen molar-refractivity contribution in [2.75, 3.05) is 18.2 Å². The lowest BCUT2D eigenvalue weighted by Crippen LogP contribution is -2.15. The zero-order chi connectivity index (χ0) is 21.6. The van der Waals surface area contributed by atoms with Gasteiger partial charge in [-0.25, -0.2) is 4.39 Å². The Balaban J connectivity index is 1.59. The van der Waals surface area contributed by atoms with E-state index >= 15 is 0 Å². The number of hydrogen-bond donors (Lipinski definition) is 1. The van der Waals surface area contributed by atoms with Crippen molar-refractivity contribution in [1.82, 2.24) is 14.8 Å². The van der Waals surface area contributed by atoms with Crippen LogP contribution in [0.5, 0.6) is 5.75 Å². The zero-order valence-electron chi connectivity index (χ0n) is 16.7. The largest absolute Gasteiger partial charge is 0.495 e. The van der Waals surface area contributed by atoms with Gasteiger partial charge in [0, 0.05) is 11.3 Å². The third kappa shape index (κ3) is 4.75. The highest BCUT2D eigenvalue weighted by atomic mass is 32.2. The maximum Gasteiger partial charge on any atom is 0.234 e. The molecular weight excluding hydrogens is 415 g/mol. The molecule has 4 aromatic rings. The fourth-order valence-corrected chi connectivity index (χ4v) is 3.78. The Morgan fingerprint density at radius 1 is 1.00 bits per heavy atom. The number of para-hydroxylation sites is 2. The van der Waals surface area contributed by atoms with Gasteiger partial charge in [0.1, 0.15) is 11.6 Å². The second-order valence-electron chi connectivity index (χ2n) is 6.52. The summed E-state index contributed by atoms with van der Waals surface area (Å²) >= 11 is 1.25. The van der Waals surface area contributed by atoms with E-state index in [2.05, 4.69) is 15.5 Å². The molecule has 0 bridgehead atoms. The van der Waals surface area contributed by atoms with E-state index in [-0.39, 0.29) is 17.5 Å². The number of nitrogens with one attached hydrogen (secondary N) is 1. The maximum atomic E-state index is 13.5. The lowest BCUT2D eigenvalue weighted by atomic mass is 10.2. The molecule has 1 amide bonds. The molecule has 31 heavy (non-hydrogen) atoms. The van der Waals surface area contributed by atoms with Crippen LogP contribution in [0.4, 0.5) is 10.1 Å². The lowest BCUT2D eigenvalue weighted by Gasteiger charge is -2.11. The smallest absolute Gasteiger partial charge is 0.234 e. The summed E-state index contributed by atoms with van der Waals surface area (Å²) in [6.07, 6.45) is 0. The molecule has 1 heterocycles. The molecule has 0 aliphatic rings. The van der Waals surface area contributed by atoms with Crippen molar-refractivity contribution < 1.29 is 13.9 Å². The van der Waals surface area contributed by atoms with E-state index in [0.29, 0.717) is 28.1 Å². The summed E-state index contributed by atoms with van der Waals surface area (Å²) in [4.78, 5) is 12.5. The van der Waals surface area contributed by atoms with Crippen LogP contribution in [0.1, 0.15) is 0 Å². The normalized spacial score (nSPS) is 10.6. The number of halogens is 1. The van der Waals surface area contributed by atoms with Crippen molar-refractivity contribution in [2.24, 2.45) is 0 Å². The molecule has 0 aliphatic carbocycles. The molecule has 0 saturated carbocycles. The van der Waals surface area contributed by atoms with E-state index in [4.69, 9.17) is 4.74 Å². The Morgan fingerprint density at radius 2 is 1.71 bits per heavy atom. The van der Waals surface area contributed by atoms with Crippen molar-refractivity contribution in [3.8, 4) is 22.8 Å². The minimum Gasteiger partial charge on any atom is -0.495 e. The molecule has 0 radical (unpaired) electrons. The molecule has 4 rings (SSSR count). The molecular formula is C23H19FN4O2S. The summed E-state index contributed by atoms with van der Waals surface area (Å²) in [5.41, 5.74) is 2.17. The van der Waals surface area contributed by atoms with Gasteiger partial charge >= 0.3 is 0 Å². The minimum absolute atomic E-state index is 0.117. The molecule has 1 aromatic heterocycles. The first-order chi connectivity index (χ1) is 15.2. The summed E-state index contributed by atoms with van der Waals surface area (Å²) in [7, 11) is 1.55. The van der Waals surface area contributed by atoms with E-state index in [1.807, 2.05) is 47.0 Å². The van der Waals surface area contributed by atoms with Crippen LogP contribution >= 0.6 is 11.8 Å². The van der Waals surface area contributed by atoms with Crippen LogP contribution in [0.25, 0.3) is 17.1 Å². The van der Waals surface area contributed by atoms with E-state index in [0.717, 1.165) is 5.56 Å². The number of methoxy groups -OCH3 is 1. The van der Waals surface area contributed by atoms with E-state index in [1.54, 1.807) is 31.4 Å². The molecule has 0 aliphatic heterocycles. The number of ether oxygens (including phenoxy) is 1. The Morgan fingerprint density at radius 3 is 2.45 bits per heavy atom. The second-order valence-corrected chi connectivity index (χ2v) is 7.46. The molecule has 156 valence electrons. The van der Waals surface area contributed by atoms with Gasteiger partial charge in [-0.3, -0.25) is 9.36 Å². The highest BCUT2D eigenvalue weighted by Crippen LogP contribution is 2.29. The zero-order valence-corrected chi connectivity index (χ0v) is 17.5. The number of nitrogens with zero attached hydrogens (tertiary/aromatic N) is 3. The molecule has 0 saturated heterocycles. The first-order valence-corrected chi connectivity index (χ1v) is 10.5. The van der Waals surface area contributed by atoms with E-state index < -0.39 is 0 Å². The molecule has 0 atom stereocenters. The van der Waals surface area contributed by atoms with Crippen LogP contribution in [-0.2, 0) is 4.79 Å².